The molecule has 2 atom stereocenters. The standard InChI is InChI=1S/C17H17Br3N2O3/c1-9(2)17(20)13(23)8-10(3)14(15(17)19)22-25-16(24)21-12-6-4-11(18)5-7-12/h4-9,15H,1-3H3,(H,21,24). The molecule has 1 amide bonds. The molecule has 0 aliphatic heterocycles. The van der Waals surface area contributed by atoms with Crippen molar-refractivity contribution in [2.75, 3.05) is 5.32 Å². The Morgan fingerprint density at radius 2 is 1.92 bits per heavy atom. The number of hydrogen-bond donors (Lipinski definition) is 1. The van der Waals surface area contributed by atoms with Crippen LogP contribution in [0.5, 0.6) is 0 Å². The van der Waals surface area contributed by atoms with Crippen LogP contribution in [0.1, 0.15) is 20.8 Å². The average Bonchev–Trinajstić information content (AvgIpc) is 2.54. The fourth-order valence-corrected chi connectivity index (χ4v) is 4.16. The SMILES string of the molecule is CC1=CC(=O)C(Br)(C(C)C)C(Br)C1=NOC(=O)Nc1ccc(Br)cc1. The number of nitrogens with one attached hydrogen (secondary N) is 1. The fourth-order valence-electron chi connectivity index (χ4n) is 2.36. The third-order valence-electron chi connectivity index (χ3n) is 3.90. The summed E-state index contributed by atoms with van der Waals surface area (Å²) in [7, 11) is 0. The lowest BCUT2D eigenvalue weighted by molar-refractivity contribution is -0.117. The zero-order chi connectivity index (χ0) is 18.8. The van der Waals surface area contributed by atoms with Gasteiger partial charge in [-0.15, -0.1) is 0 Å². The number of amides is 1. The Hall–Kier alpha value is -0.990. The molecule has 1 aromatic carbocycles. The molecule has 0 aromatic heterocycles. The minimum absolute atomic E-state index is 0.00974. The number of carbonyl (C=O) groups excluding carboxylic acids is 2. The second kappa shape index (κ2) is 8.14. The van der Waals surface area contributed by atoms with Crippen molar-refractivity contribution in [3.8, 4) is 0 Å². The zero-order valence-electron chi connectivity index (χ0n) is 13.8. The predicted molar refractivity (Wildman–Crippen MR) is 110 cm³/mol. The van der Waals surface area contributed by atoms with Crippen molar-refractivity contribution >= 4 is 71.1 Å². The molecular formula is C17H17Br3N2O3. The molecule has 1 aliphatic rings. The van der Waals surface area contributed by atoms with Gasteiger partial charge in [0, 0.05) is 10.2 Å². The van der Waals surface area contributed by atoms with E-state index in [2.05, 4.69) is 58.3 Å². The molecule has 0 spiro atoms. The number of nitrogens with zero attached hydrogens (tertiary/aromatic N) is 1. The van der Waals surface area contributed by atoms with Gasteiger partial charge in [-0.2, -0.15) is 0 Å². The molecule has 0 fully saturated rings. The zero-order valence-corrected chi connectivity index (χ0v) is 18.6. The number of hydrogen-bond acceptors (Lipinski definition) is 4. The first-order valence-electron chi connectivity index (χ1n) is 7.53. The number of ketones is 1. The van der Waals surface area contributed by atoms with Crippen LogP contribution in [0.3, 0.4) is 0 Å². The summed E-state index contributed by atoms with van der Waals surface area (Å²) in [6, 6.07) is 7.08. The smallest absolute Gasteiger partial charge is 0.297 e. The van der Waals surface area contributed by atoms with Crippen molar-refractivity contribution in [3.05, 3.63) is 40.4 Å². The summed E-state index contributed by atoms with van der Waals surface area (Å²) < 4.78 is 0.0698. The lowest BCUT2D eigenvalue weighted by Crippen LogP contribution is -2.51. The highest BCUT2D eigenvalue weighted by atomic mass is 79.9. The molecule has 0 radical (unpaired) electrons. The van der Waals surface area contributed by atoms with Crippen molar-refractivity contribution in [3.63, 3.8) is 0 Å². The Labute approximate surface area is 171 Å². The Kier molecular flexibility index (Phi) is 6.62. The van der Waals surface area contributed by atoms with Gasteiger partial charge in [-0.05, 0) is 48.8 Å². The van der Waals surface area contributed by atoms with Gasteiger partial charge in [-0.3, -0.25) is 14.9 Å². The Bertz CT molecular complexity index is 744. The summed E-state index contributed by atoms with van der Waals surface area (Å²) in [5, 5.41) is 6.56. The molecule has 134 valence electrons. The first-order chi connectivity index (χ1) is 11.7. The quantitative estimate of drug-likeness (QED) is 0.318. The molecule has 5 nitrogen and oxygen atoms in total. The molecule has 0 heterocycles. The van der Waals surface area contributed by atoms with E-state index in [9.17, 15) is 9.59 Å². The van der Waals surface area contributed by atoms with Crippen LogP contribution in [0.2, 0.25) is 0 Å². The van der Waals surface area contributed by atoms with Crippen LogP contribution in [0.15, 0.2) is 45.5 Å². The van der Waals surface area contributed by atoms with E-state index in [1.54, 1.807) is 31.2 Å². The topological polar surface area (TPSA) is 67.8 Å². The first kappa shape index (κ1) is 20.3. The molecule has 1 aromatic rings. The van der Waals surface area contributed by atoms with Crippen molar-refractivity contribution < 1.29 is 14.4 Å². The number of halogens is 3. The van der Waals surface area contributed by atoms with Crippen LogP contribution in [-0.4, -0.2) is 26.7 Å². The summed E-state index contributed by atoms with van der Waals surface area (Å²) in [5.41, 5.74) is 1.74. The minimum Gasteiger partial charge on any atom is -0.297 e. The van der Waals surface area contributed by atoms with Gasteiger partial charge in [0.15, 0.2) is 5.78 Å². The van der Waals surface area contributed by atoms with E-state index < -0.39 is 15.2 Å². The van der Waals surface area contributed by atoms with Crippen LogP contribution in [0, 0.1) is 5.92 Å². The second-order valence-corrected chi connectivity index (χ2v) is 9.11. The molecule has 2 rings (SSSR count). The number of oxime groups is 1. The Morgan fingerprint density at radius 3 is 2.48 bits per heavy atom. The Morgan fingerprint density at radius 1 is 1.32 bits per heavy atom. The molecule has 1 aliphatic carbocycles. The fraction of sp³-hybridized carbons (Fsp3) is 0.353. The van der Waals surface area contributed by atoms with Gasteiger partial charge in [0.2, 0.25) is 0 Å². The second-order valence-electron chi connectivity index (χ2n) is 5.96. The van der Waals surface area contributed by atoms with Crippen LogP contribution in [0.4, 0.5) is 10.5 Å². The Balaban J connectivity index is 2.16. The lowest BCUT2D eigenvalue weighted by atomic mass is 9.80. The van der Waals surface area contributed by atoms with E-state index in [0.29, 0.717) is 17.0 Å². The molecule has 0 bridgehead atoms. The average molecular weight is 537 g/mol. The van der Waals surface area contributed by atoms with Crippen molar-refractivity contribution in [1.82, 2.24) is 0 Å². The van der Waals surface area contributed by atoms with Gasteiger partial charge in [0.1, 0.15) is 4.32 Å². The van der Waals surface area contributed by atoms with E-state index in [4.69, 9.17) is 4.84 Å². The van der Waals surface area contributed by atoms with Crippen LogP contribution in [-0.2, 0) is 9.63 Å². The van der Waals surface area contributed by atoms with Gasteiger partial charge < -0.3 is 0 Å². The van der Waals surface area contributed by atoms with E-state index >= 15 is 0 Å². The minimum atomic E-state index is -0.836. The number of benzene rings is 1. The summed E-state index contributed by atoms with van der Waals surface area (Å²) in [6.45, 7) is 5.64. The summed E-state index contributed by atoms with van der Waals surface area (Å²) in [4.78, 5) is 28.9. The van der Waals surface area contributed by atoms with Gasteiger partial charge in [-0.1, -0.05) is 66.8 Å². The number of rotatable bonds is 3. The highest BCUT2D eigenvalue weighted by molar-refractivity contribution is 9.13. The summed E-state index contributed by atoms with van der Waals surface area (Å²) >= 11 is 10.4. The number of alkyl halides is 2. The summed E-state index contributed by atoms with van der Waals surface area (Å²) in [5.74, 6) is -0.0318. The van der Waals surface area contributed by atoms with Crippen LogP contribution < -0.4 is 5.32 Å². The van der Waals surface area contributed by atoms with Gasteiger partial charge in [0.05, 0.1) is 10.5 Å². The van der Waals surface area contributed by atoms with Gasteiger partial charge >= 0.3 is 6.09 Å². The maximum atomic E-state index is 12.4. The van der Waals surface area contributed by atoms with Crippen LogP contribution >= 0.6 is 47.8 Å². The molecule has 0 saturated heterocycles. The van der Waals surface area contributed by atoms with E-state index in [0.717, 1.165) is 4.47 Å². The number of anilines is 1. The van der Waals surface area contributed by atoms with Gasteiger partial charge in [0.25, 0.3) is 0 Å². The largest absolute Gasteiger partial charge is 0.437 e. The molecule has 0 saturated carbocycles. The third kappa shape index (κ3) is 4.41. The normalized spacial score (nSPS) is 25.1. The maximum Gasteiger partial charge on any atom is 0.437 e. The highest BCUT2D eigenvalue weighted by Crippen LogP contribution is 2.41. The van der Waals surface area contributed by atoms with E-state index in [1.807, 2.05) is 13.8 Å². The van der Waals surface area contributed by atoms with Crippen molar-refractivity contribution in [2.24, 2.45) is 11.1 Å². The lowest BCUT2D eigenvalue weighted by Gasteiger charge is -2.37. The molecule has 8 heteroatoms. The molecule has 25 heavy (non-hydrogen) atoms. The molecular weight excluding hydrogens is 520 g/mol. The number of carbonyl (C=O) groups is 2. The third-order valence-corrected chi connectivity index (χ3v) is 7.96. The molecule has 2 unspecified atom stereocenters. The van der Waals surface area contributed by atoms with E-state index in [-0.39, 0.29) is 11.7 Å². The number of allylic oxidation sites excluding steroid dienone is 2. The maximum absolute atomic E-state index is 12.4. The van der Waals surface area contributed by atoms with E-state index in [1.165, 1.54) is 6.08 Å². The first-order valence-corrected chi connectivity index (χ1v) is 10.0. The van der Waals surface area contributed by atoms with Crippen LogP contribution in [0.25, 0.3) is 0 Å². The van der Waals surface area contributed by atoms with Crippen molar-refractivity contribution in [2.45, 2.75) is 29.9 Å². The monoisotopic (exact) mass is 534 g/mol. The summed E-state index contributed by atoms with van der Waals surface area (Å²) in [6.07, 6.45) is 0.811. The van der Waals surface area contributed by atoms with Gasteiger partial charge in [-0.25, -0.2) is 4.79 Å². The van der Waals surface area contributed by atoms with Crippen molar-refractivity contribution in [1.29, 1.82) is 0 Å². The molecule has 1 N–H and O–H groups in total. The predicted octanol–water partition coefficient (Wildman–Crippen LogP) is 5.44. The highest BCUT2D eigenvalue weighted by Gasteiger charge is 2.49.